The molecule has 1 aromatic carbocycles. The van der Waals surface area contributed by atoms with Crippen LogP contribution >= 0.6 is 0 Å². The number of benzene rings is 1. The van der Waals surface area contributed by atoms with Crippen molar-refractivity contribution in [1.82, 2.24) is 20.3 Å². The van der Waals surface area contributed by atoms with Gasteiger partial charge in [0.2, 0.25) is 36.6 Å². The number of hydrogen-bond donors (Lipinski definition) is 4. The second-order valence-electron chi connectivity index (χ2n) is 17.3. The van der Waals surface area contributed by atoms with E-state index < -0.39 is 17.7 Å². The molecule has 7 rings (SSSR count). The third-order valence-electron chi connectivity index (χ3n) is 11.7. The third-order valence-corrected chi connectivity index (χ3v) is 11.7. The first-order chi connectivity index (χ1) is 34.1. The number of nitroso groups, excluding NO2 is 2. The Morgan fingerprint density at radius 2 is 1.63 bits per heavy atom. The number of aryl methyl sites for hydroxylation is 1. The van der Waals surface area contributed by atoms with E-state index in [1.54, 1.807) is 30.5 Å². The summed E-state index contributed by atoms with van der Waals surface area (Å²) in [6, 6.07) is 13.0. The number of primary amides is 2. The van der Waals surface area contributed by atoms with Crippen molar-refractivity contribution in [3.63, 3.8) is 0 Å². The minimum absolute atomic E-state index is 0.0170. The van der Waals surface area contributed by atoms with Gasteiger partial charge in [-0.15, -0.1) is 0 Å². The summed E-state index contributed by atoms with van der Waals surface area (Å²) in [5, 5.41) is 8.46. The molecule has 394 valence electrons. The minimum Gasteiger partial charge on any atom is -0.494 e. The Morgan fingerprint density at radius 3 is 2.14 bits per heavy atom. The van der Waals surface area contributed by atoms with Crippen LogP contribution in [0.4, 0.5) is 14.5 Å². The Kier molecular flexibility index (Phi) is 30.9. The van der Waals surface area contributed by atoms with Crippen LogP contribution in [0, 0.1) is 28.4 Å². The van der Waals surface area contributed by atoms with Gasteiger partial charge in [0.1, 0.15) is 11.0 Å². The van der Waals surface area contributed by atoms with Gasteiger partial charge < -0.3 is 40.6 Å². The van der Waals surface area contributed by atoms with Gasteiger partial charge in [-0.1, -0.05) is 37.8 Å². The van der Waals surface area contributed by atoms with Crippen LogP contribution in [0.5, 0.6) is 5.75 Å². The maximum Gasteiger partial charge on any atom is 0.260 e. The molecular formula is C50H77F2N9O10+2. The summed E-state index contributed by atoms with van der Waals surface area (Å²) in [6.45, 7) is 5.89. The standard InChI is InChI=1S/C20H30N3O3.C10H19NO2.C7H6F2O.C7H14N3O3.C5H5N.CH3NO/c1-15-14-18(10-11-21-15)22(20(24)19-9-8-16(2)26-19)12-13-23(25)17-6-4-3-5-7-17;11-10(12)7-4-8-13-9-5-2-1-3-6-9;1-10-6-4-2-3-5(8)7(6)9;1-9-5-6(4-7(9)12)10(13)8-2-3-11;1-2-4-6-5-3-1;2-1-3/h10-11,14,16-17,19H,3-9,12-13H2,1-2H3;9H,1-8H2,(H2,11,12);2-4H,1H3;6,11H,2-5H2,1H3,(H,8,13);1-5H;1H,(H2,2,3)/q+1;;;+1;;. The number of rotatable bonds is 16. The number of amides is 4. The Morgan fingerprint density at radius 1 is 0.972 bits per heavy atom. The smallest absolute Gasteiger partial charge is 0.260 e. The van der Waals surface area contributed by atoms with Gasteiger partial charge >= 0.3 is 0 Å². The largest absolute Gasteiger partial charge is 0.494 e. The molecular weight excluding hydrogens is 925 g/mol. The van der Waals surface area contributed by atoms with E-state index in [1.807, 2.05) is 44.2 Å². The molecule has 6 N–H and O–H groups in total. The number of nitrogens with zero attached hydrogens (tertiary/aromatic N) is 6. The van der Waals surface area contributed by atoms with Crippen molar-refractivity contribution >= 4 is 29.8 Å². The number of likely N-dealkylation sites (N-methyl/N-ethyl adjacent to an activating group) is 1. The van der Waals surface area contributed by atoms with Crippen LogP contribution in [0.15, 0.2) is 67.1 Å². The summed E-state index contributed by atoms with van der Waals surface area (Å²) >= 11 is 0. The SMILES string of the molecule is CN1CC([N+](=O)NCCO)CC1=O.COc1cccc(F)c1F.Cc1cc(N(CC[N+](=O)C2CCCCC2)C(=O)C2CCC(C)O2)ccn1.NC(=O)CCCOC1CCCCC1.NC=O.c1ccncc1. The number of aliphatic hydroxyl groups excluding tert-OH is 1. The van der Waals surface area contributed by atoms with Crippen LogP contribution in [0.25, 0.3) is 0 Å². The number of ether oxygens (including phenoxy) is 3. The lowest BCUT2D eigenvalue weighted by molar-refractivity contribution is -0.637. The van der Waals surface area contributed by atoms with E-state index in [9.17, 15) is 33.0 Å². The van der Waals surface area contributed by atoms with Gasteiger partial charge in [-0.25, -0.2) is 4.39 Å². The number of halogens is 2. The van der Waals surface area contributed by atoms with E-state index in [2.05, 4.69) is 25.9 Å². The van der Waals surface area contributed by atoms with Crippen LogP contribution in [0.2, 0.25) is 0 Å². The number of likely N-dealkylation sites (tertiary alicyclic amines) is 1. The second kappa shape index (κ2) is 35.9. The first-order valence-electron chi connectivity index (χ1n) is 24.4. The molecule has 3 aromatic rings. The lowest BCUT2D eigenvalue weighted by atomic mass is 9.95. The van der Waals surface area contributed by atoms with E-state index >= 15 is 0 Å². The minimum atomic E-state index is -0.940. The number of carbonyl (C=O) groups excluding carboxylic acids is 4. The molecule has 21 heteroatoms. The summed E-state index contributed by atoms with van der Waals surface area (Å²) in [4.78, 5) is 78.7. The number of aromatic nitrogens is 2. The van der Waals surface area contributed by atoms with Crippen molar-refractivity contribution in [2.75, 3.05) is 58.5 Å². The van der Waals surface area contributed by atoms with Crippen LogP contribution in [0.3, 0.4) is 0 Å². The van der Waals surface area contributed by atoms with Crippen LogP contribution in [-0.2, 0) is 28.7 Å². The number of nitrogens with two attached hydrogens (primary N) is 2. The molecule has 4 heterocycles. The number of methoxy groups -OCH3 is 1. The molecule has 2 saturated heterocycles. The number of hydrazine groups is 1. The maximum absolute atomic E-state index is 13.1. The number of anilines is 1. The zero-order chi connectivity index (χ0) is 52.4. The summed E-state index contributed by atoms with van der Waals surface area (Å²) in [5.41, 5.74) is 13.3. The number of hydrogen-bond acceptors (Lipinski definition) is 12. The van der Waals surface area contributed by atoms with Crippen LogP contribution in [0.1, 0.15) is 109 Å². The van der Waals surface area contributed by atoms with E-state index in [0.717, 1.165) is 62.4 Å². The molecule has 4 aliphatic rings. The Hall–Kier alpha value is -6.06. The molecule has 2 aromatic heterocycles. The van der Waals surface area contributed by atoms with Crippen molar-refractivity contribution in [1.29, 1.82) is 0 Å². The molecule has 71 heavy (non-hydrogen) atoms. The second-order valence-corrected chi connectivity index (χ2v) is 17.3. The highest BCUT2D eigenvalue weighted by atomic mass is 19.2. The average molecular weight is 1000 g/mol. The topological polar surface area (TPSA) is 253 Å². The van der Waals surface area contributed by atoms with Crippen molar-refractivity contribution in [2.45, 2.75) is 141 Å². The Balaban J connectivity index is 0.000000325. The van der Waals surface area contributed by atoms with Gasteiger partial charge in [0.25, 0.3) is 11.9 Å². The monoisotopic (exact) mass is 1000 g/mol. The van der Waals surface area contributed by atoms with E-state index in [0.29, 0.717) is 43.6 Å². The van der Waals surface area contributed by atoms with Gasteiger partial charge in [-0.2, -0.15) is 9.82 Å². The fraction of sp³-hybridized carbons (Fsp3) is 0.600. The summed E-state index contributed by atoms with van der Waals surface area (Å²) in [7, 11) is 2.96. The van der Waals surface area contributed by atoms with E-state index in [1.165, 1.54) is 67.4 Å². The number of aliphatic hydroxyl groups is 1. The highest BCUT2D eigenvalue weighted by Crippen LogP contribution is 2.25. The fourth-order valence-electron chi connectivity index (χ4n) is 7.94. The normalized spacial score (nSPS) is 18.4. The summed E-state index contributed by atoms with van der Waals surface area (Å²) in [6.07, 6.45) is 20.4. The molecule has 2 saturated carbocycles. The van der Waals surface area contributed by atoms with Gasteiger partial charge in [0.15, 0.2) is 11.6 Å². The van der Waals surface area contributed by atoms with Gasteiger partial charge in [-0.05, 0) is 95.2 Å². The molecule has 19 nitrogen and oxygen atoms in total. The molecule has 3 atom stereocenters. The highest BCUT2D eigenvalue weighted by molar-refractivity contribution is 5.96. The lowest BCUT2D eigenvalue weighted by Gasteiger charge is -2.25. The average Bonchev–Trinajstić information content (AvgIpc) is 3.98. The third kappa shape index (κ3) is 25.1. The fourth-order valence-corrected chi connectivity index (χ4v) is 7.94. The molecule has 3 unspecified atom stereocenters. The Bertz CT molecular complexity index is 1990. The first kappa shape index (κ1) is 61.1. The molecule has 0 radical (unpaired) electrons. The first-order valence-corrected chi connectivity index (χ1v) is 24.4. The Labute approximate surface area is 416 Å². The molecule has 2 aliphatic carbocycles. The number of carbonyl (C=O) groups is 4. The van der Waals surface area contributed by atoms with Crippen molar-refractivity contribution < 1.29 is 56.9 Å². The lowest BCUT2D eigenvalue weighted by Crippen LogP contribution is -2.43. The van der Waals surface area contributed by atoms with Crippen molar-refractivity contribution in [2.24, 2.45) is 11.5 Å². The predicted molar refractivity (Wildman–Crippen MR) is 264 cm³/mol. The zero-order valence-corrected chi connectivity index (χ0v) is 41.9. The van der Waals surface area contributed by atoms with Gasteiger partial charge in [-0.3, -0.25) is 29.1 Å². The van der Waals surface area contributed by atoms with Crippen LogP contribution < -0.4 is 26.5 Å². The van der Waals surface area contributed by atoms with Crippen molar-refractivity contribution in [3.05, 3.63) is 94.3 Å². The van der Waals surface area contributed by atoms with Gasteiger partial charge in [0, 0.05) is 72.6 Å². The molecule has 0 spiro atoms. The predicted octanol–water partition coefficient (Wildman–Crippen LogP) is 5.65. The summed E-state index contributed by atoms with van der Waals surface area (Å²) < 4.78 is 41.9. The molecule has 4 fully saturated rings. The number of nitrogens with one attached hydrogen (secondary N) is 1. The van der Waals surface area contributed by atoms with E-state index in [4.69, 9.17) is 25.1 Å². The maximum atomic E-state index is 13.1. The zero-order valence-electron chi connectivity index (χ0n) is 41.9. The van der Waals surface area contributed by atoms with Gasteiger partial charge in [0.05, 0.1) is 56.9 Å². The van der Waals surface area contributed by atoms with Crippen molar-refractivity contribution in [3.8, 4) is 5.75 Å². The van der Waals surface area contributed by atoms with E-state index in [-0.39, 0.29) is 67.6 Å². The van der Waals surface area contributed by atoms with Crippen LogP contribution in [-0.4, -0.2) is 138 Å². The quantitative estimate of drug-likeness (QED) is 0.0587. The summed E-state index contributed by atoms with van der Waals surface area (Å²) in [5.74, 6) is -2.19. The molecule has 0 bridgehead atoms. The highest BCUT2D eigenvalue weighted by Gasteiger charge is 2.38. The molecule has 4 amide bonds. The number of pyridine rings is 2. The molecule has 2 aliphatic heterocycles.